The van der Waals surface area contributed by atoms with Crippen LogP contribution in [0.4, 0.5) is 24.9 Å². The summed E-state index contributed by atoms with van der Waals surface area (Å²) in [5, 5.41) is 5.10. The zero-order valence-electron chi connectivity index (χ0n) is 9.10. The van der Waals surface area contributed by atoms with Gasteiger partial charge in [0.05, 0.1) is 4.47 Å². The Balaban J connectivity index is 2.69. The van der Waals surface area contributed by atoms with Gasteiger partial charge >= 0.3 is 6.18 Å². The fourth-order valence-electron chi connectivity index (χ4n) is 0.997. The summed E-state index contributed by atoms with van der Waals surface area (Å²) in [6.45, 7) is 1.50. The van der Waals surface area contributed by atoms with Gasteiger partial charge in [-0.05, 0) is 22.4 Å². The van der Waals surface area contributed by atoms with Crippen LogP contribution in [0.3, 0.4) is 0 Å². The lowest BCUT2D eigenvalue weighted by molar-refractivity contribution is -0.115. The Hall–Kier alpha value is -1.05. The summed E-state index contributed by atoms with van der Waals surface area (Å²) in [5.74, 6) is 0.427. The van der Waals surface area contributed by atoms with Crippen LogP contribution in [0.15, 0.2) is 10.7 Å². The molecule has 1 rings (SSSR count). The van der Waals surface area contributed by atoms with E-state index < -0.39 is 12.7 Å². The Morgan fingerprint density at radius 3 is 2.65 bits per heavy atom. The van der Waals surface area contributed by atoms with E-state index in [1.54, 1.807) is 0 Å². The van der Waals surface area contributed by atoms with Gasteiger partial charge in [0.2, 0.25) is 5.95 Å². The number of hydrogen-bond acceptors (Lipinski definition) is 4. The van der Waals surface area contributed by atoms with Gasteiger partial charge in [0, 0.05) is 12.7 Å². The molecule has 0 atom stereocenters. The molecule has 8 heteroatoms. The Morgan fingerprint density at radius 1 is 1.35 bits per heavy atom. The predicted octanol–water partition coefficient (Wildman–Crippen LogP) is 3.04. The molecule has 0 spiro atoms. The standard InChI is InChI=1S/C9H12BrF3N4/c1-2-3-14-8-15-4-6(10)7(17-8)16-5-9(11,12)13/h4H,2-3,5H2,1H3,(H2,14,15,16,17). The minimum Gasteiger partial charge on any atom is -0.360 e. The molecule has 17 heavy (non-hydrogen) atoms. The van der Waals surface area contributed by atoms with Crippen LogP contribution in [0.25, 0.3) is 0 Å². The average molecular weight is 313 g/mol. The van der Waals surface area contributed by atoms with E-state index in [0.29, 0.717) is 17.0 Å². The lowest BCUT2D eigenvalue weighted by Gasteiger charge is -2.11. The van der Waals surface area contributed by atoms with Crippen LogP contribution in [0, 0.1) is 0 Å². The normalized spacial score (nSPS) is 11.4. The molecule has 0 amide bonds. The van der Waals surface area contributed by atoms with Gasteiger partial charge in [-0.15, -0.1) is 0 Å². The van der Waals surface area contributed by atoms with E-state index >= 15 is 0 Å². The van der Waals surface area contributed by atoms with Crippen LogP contribution < -0.4 is 10.6 Å². The SMILES string of the molecule is CCCNc1ncc(Br)c(NCC(F)(F)F)n1. The second-order valence-corrected chi connectivity index (χ2v) is 4.14. The molecule has 96 valence electrons. The van der Waals surface area contributed by atoms with E-state index in [1.807, 2.05) is 6.92 Å². The molecule has 1 heterocycles. The summed E-state index contributed by atoms with van der Waals surface area (Å²) in [5.41, 5.74) is 0. The average Bonchev–Trinajstić information content (AvgIpc) is 2.25. The third-order valence-electron chi connectivity index (χ3n) is 1.73. The van der Waals surface area contributed by atoms with Crippen molar-refractivity contribution in [1.29, 1.82) is 0 Å². The largest absolute Gasteiger partial charge is 0.405 e. The topological polar surface area (TPSA) is 49.8 Å². The summed E-state index contributed by atoms with van der Waals surface area (Å²) in [6, 6.07) is 0. The van der Waals surface area contributed by atoms with Crippen LogP contribution in [0.5, 0.6) is 0 Å². The van der Waals surface area contributed by atoms with E-state index in [1.165, 1.54) is 6.20 Å². The third-order valence-corrected chi connectivity index (χ3v) is 2.31. The molecule has 4 nitrogen and oxygen atoms in total. The molecule has 1 aromatic rings. The molecule has 0 bridgehead atoms. The van der Waals surface area contributed by atoms with Gasteiger partial charge in [0.15, 0.2) is 0 Å². The summed E-state index contributed by atoms with van der Waals surface area (Å²) in [4.78, 5) is 7.86. The number of rotatable bonds is 5. The van der Waals surface area contributed by atoms with E-state index in [-0.39, 0.29) is 5.82 Å². The lowest BCUT2D eigenvalue weighted by atomic mass is 10.5. The van der Waals surface area contributed by atoms with Crippen molar-refractivity contribution in [1.82, 2.24) is 9.97 Å². The van der Waals surface area contributed by atoms with Crippen LogP contribution >= 0.6 is 15.9 Å². The first-order valence-corrected chi connectivity index (χ1v) is 5.78. The van der Waals surface area contributed by atoms with Crippen molar-refractivity contribution in [3.05, 3.63) is 10.7 Å². The zero-order valence-corrected chi connectivity index (χ0v) is 10.7. The molecule has 0 saturated heterocycles. The first-order valence-electron chi connectivity index (χ1n) is 4.99. The van der Waals surface area contributed by atoms with E-state index in [4.69, 9.17) is 0 Å². The fourth-order valence-corrected chi connectivity index (χ4v) is 1.33. The Bertz CT molecular complexity index is 370. The molecular formula is C9H12BrF3N4. The van der Waals surface area contributed by atoms with Crippen LogP contribution in [0.1, 0.15) is 13.3 Å². The van der Waals surface area contributed by atoms with E-state index in [9.17, 15) is 13.2 Å². The summed E-state index contributed by atoms with van der Waals surface area (Å²) >= 11 is 3.08. The van der Waals surface area contributed by atoms with Crippen LogP contribution in [-0.2, 0) is 0 Å². The van der Waals surface area contributed by atoms with Crippen molar-refractivity contribution >= 4 is 27.7 Å². The number of nitrogens with one attached hydrogen (secondary N) is 2. The van der Waals surface area contributed by atoms with Gasteiger partial charge in [-0.25, -0.2) is 4.98 Å². The quantitative estimate of drug-likeness (QED) is 0.877. The van der Waals surface area contributed by atoms with Crippen molar-refractivity contribution in [3.63, 3.8) is 0 Å². The van der Waals surface area contributed by atoms with Crippen molar-refractivity contribution < 1.29 is 13.2 Å². The number of aromatic nitrogens is 2. The molecule has 0 unspecified atom stereocenters. The minimum absolute atomic E-state index is 0.121. The van der Waals surface area contributed by atoms with Crippen LogP contribution in [0.2, 0.25) is 0 Å². The molecule has 0 aliphatic heterocycles. The van der Waals surface area contributed by atoms with Crippen LogP contribution in [-0.4, -0.2) is 29.2 Å². The molecule has 0 radical (unpaired) electrons. The van der Waals surface area contributed by atoms with Gasteiger partial charge in [0.25, 0.3) is 0 Å². The van der Waals surface area contributed by atoms with Gasteiger partial charge in [-0.3, -0.25) is 0 Å². The fraction of sp³-hybridized carbons (Fsp3) is 0.556. The first-order chi connectivity index (χ1) is 7.92. The maximum atomic E-state index is 12.0. The molecule has 0 saturated carbocycles. The maximum absolute atomic E-state index is 12.0. The van der Waals surface area contributed by atoms with Crippen molar-refractivity contribution in [2.24, 2.45) is 0 Å². The number of hydrogen-bond donors (Lipinski definition) is 2. The molecule has 1 aromatic heterocycles. The number of alkyl halides is 3. The molecule has 0 aliphatic carbocycles. The molecular weight excluding hydrogens is 301 g/mol. The minimum atomic E-state index is -4.28. The summed E-state index contributed by atoms with van der Waals surface area (Å²) < 4.78 is 36.5. The highest BCUT2D eigenvalue weighted by molar-refractivity contribution is 9.10. The van der Waals surface area contributed by atoms with Gasteiger partial charge < -0.3 is 10.6 Å². The molecule has 0 fully saturated rings. The summed E-state index contributed by atoms with van der Waals surface area (Å²) in [6.07, 6.45) is -1.99. The second kappa shape index (κ2) is 6.04. The Morgan fingerprint density at radius 2 is 2.06 bits per heavy atom. The van der Waals surface area contributed by atoms with Crippen molar-refractivity contribution in [3.8, 4) is 0 Å². The highest BCUT2D eigenvalue weighted by Gasteiger charge is 2.27. The first kappa shape index (κ1) is 14.0. The molecule has 2 N–H and O–H groups in total. The second-order valence-electron chi connectivity index (χ2n) is 3.29. The van der Waals surface area contributed by atoms with Gasteiger partial charge in [-0.2, -0.15) is 18.2 Å². The predicted molar refractivity (Wildman–Crippen MR) is 63.1 cm³/mol. The smallest absolute Gasteiger partial charge is 0.360 e. The van der Waals surface area contributed by atoms with E-state index in [2.05, 4.69) is 36.5 Å². The number of halogens is 4. The summed E-state index contributed by atoms with van der Waals surface area (Å²) in [7, 11) is 0. The van der Waals surface area contributed by atoms with E-state index in [0.717, 1.165) is 6.42 Å². The Labute approximate surface area is 105 Å². The zero-order chi connectivity index (χ0) is 12.9. The lowest BCUT2D eigenvalue weighted by Crippen LogP contribution is -2.22. The van der Waals surface area contributed by atoms with Crippen molar-refractivity contribution in [2.45, 2.75) is 19.5 Å². The monoisotopic (exact) mass is 312 g/mol. The highest BCUT2D eigenvalue weighted by atomic mass is 79.9. The number of anilines is 2. The van der Waals surface area contributed by atoms with Gasteiger partial charge in [-0.1, -0.05) is 6.92 Å². The van der Waals surface area contributed by atoms with Crippen molar-refractivity contribution in [2.75, 3.05) is 23.7 Å². The maximum Gasteiger partial charge on any atom is 0.405 e. The number of nitrogens with zero attached hydrogens (tertiary/aromatic N) is 2. The van der Waals surface area contributed by atoms with Gasteiger partial charge in [0.1, 0.15) is 12.4 Å². The molecule has 0 aliphatic rings. The third kappa shape index (κ3) is 5.20. The Kier molecular flexibility index (Phi) is 4.98. The molecule has 0 aromatic carbocycles. The highest BCUT2D eigenvalue weighted by Crippen LogP contribution is 2.22.